The van der Waals surface area contributed by atoms with Gasteiger partial charge < -0.3 is 64.2 Å². The molecule has 2 aliphatic rings. The van der Waals surface area contributed by atoms with Gasteiger partial charge in [-0.05, 0) is 96.3 Å². The molecule has 2 fully saturated rings. The molecule has 11 atom stereocenters. The van der Waals surface area contributed by atoms with Gasteiger partial charge in [0.25, 0.3) is 0 Å². The number of ether oxygens (including phenoxy) is 6. The molecular weight excluding hydrogens is 885 g/mol. The minimum Gasteiger partial charge on any atom is -0.457 e. The lowest BCUT2D eigenvalue weighted by Crippen LogP contribution is -2.61. The first kappa shape index (κ1) is 61.8. The van der Waals surface area contributed by atoms with Crippen LogP contribution in [-0.2, 0) is 33.2 Å². The monoisotopic (exact) mass is 973 g/mol. The van der Waals surface area contributed by atoms with Gasteiger partial charge in [-0.1, -0.05) is 136 Å². The summed E-state index contributed by atoms with van der Waals surface area (Å²) in [4.78, 5) is 13.0. The van der Waals surface area contributed by atoms with E-state index in [1.807, 2.05) is 0 Å². The zero-order valence-electron chi connectivity index (χ0n) is 41.5. The Kier molecular flexibility index (Phi) is 37.0. The summed E-state index contributed by atoms with van der Waals surface area (Å²) in [6, 6.07) is 0. The maximum atomic E-state index is 13.0. The zero-order valence-corrected chi connectivity index (χ0v) is 41.5. The van der Waals surface area contributed by atoms with Gasteiger partial charge in [0, 0.05) is 13.0 Å². The van der Waals surface area contributed by atoms with E-state index < -0.39 is 86.7 Å². The van der Waals surface area contributed by atoms with Gasteiger partial charge in [0.15, 0.2) is 12.6 Å². The summed E-state index contributed by atoms with van der Waals surface area (Å²) in [6.45, 7) is 3.27. The molecule has 0 amide bonds. The number of hydrogen-bond donors (Lipinski definition) is 7. The first-order valence-corrected chi connectivity index (χ1v) is 25.5. The quantitative estimate of drug-likeness (QED) is 0.0180. The summed E-state index contributed by atoms with van der Waals surface area (Å²) in [6.07, 6.45) is 38.7. The molecular formula is C55H88O14. The van der Waals surface area contributed by atoms with E-state index in [0.29, 0.717) is 13.0 Å². The summed E-state index contributed by atoms with van der Waals surface area (Å²) in [5.74, 6) is -0.420. The van der Waals surface area contributed by atoms with Crippen LogP contribution in [0, 0.1) is 0 Å². The van der Waals surface area contributed by atoms with E-state index in [1.54, 1.807) is 0 Å². The number of esters is 1. The Hall–Kier alpha value is -3.35. The maximum Gasteiger partial charge on any atom is 0.306 e. The van der Waals surface area contributed by atoms with Gasteiger partial charge in [-0.3, -0.25) is 4.79 Å². The largest absolute Gasteiger partial charge is 0.457 e. The van der Waals surface area contributed by atoms with Crippen molar-refractivity contribution in [2.75, 3.05) is 33.0 Å². The molecule has 0 saturated carbocycles. The van der Waals surface area contributed by atoms with Crippen LogP contribution >= 0.6 is 0 Å². The van der Waals surface area contributed by atoms with Crippen LogP contribution in [0.3, 0.4) is 0 Å². The van der Waals surface area contributed by atoms with Crippen LogP contribution in [0.4, 0.5) is 0 Å². The summed E-state index contributed by atoms with van der Waals surface area (Å²) in [7, 11) is 0. The molecule has 0 aromatic rings. The van der Waals surface area contributed by atoms with Crippen LogP contribution in [0.25, 0.3) is 0 Å². The third kappa shape index (κ3) is 28.9. The molecule has 392 valence electrons. The smallest absolute Gasteiger partial charge is 0.306 e. The highest BCUT2D eigenvalue weighted by Crippen LogP contribution is 2.26. The predicted molar refractivity (Wildman–Crippen MR) is 270 cm³/mol. The van der Waals surface area contributed by atoms with Gasteiger partial charge >= 0.3 is 5.97 Å². The number of unbranched alkanes of at least 4 members (excludes halogenated alkanes) is 6. The van der Waals surface area contributed by atoms with Crippen LogP contribution in [0.2, 0.25) is 0 Å². The molecule has 0 radical (unpaired) electrons. The molecule has 0 aliphatic carbocycles. The van der Waals surface area contributed by atoms with Crippen molar-refractivity contribution in [3.63, 3.8) is 0 Å². The Balaban J connectivity index is 1.82. The Labute approximate surface area is 413 Å². The second-order valence-electron chi connectivity index (χ2n) is 17.2. The van der Waals surface area contributed by atoms with E-state index in [-0.39, 0.29) is 19.6 Å². The molecule has 11 unspecified atom stereocenters. The van der Waals surface area contributed by atoms with Gasteiger partial charge in [0.05, 0.1) is 26.4 Å². The second-order valence-corrected chi connectivity index (χ2v) is 17.2. The Morgan fingerprint density at radius 1 is 0.478 bits per heavy atom. The molecule has 14 nitrogen and oxygen atoms in total. The Morgan fingerprint density at radius 2 is 0.899 bits per heavy atom. The number of carbonyl (C=O) groups excluding carboxylic acids is 1. The SMILES string of the molecule is CC/C=C\C/C=C\C/C=C\C/C=C\C/C=C\CCCCOCC(COC1OC(COC2OC(CO)C(O)C(O)C2O)C(O)C(O)C1O)OC(=O)CCCCCC/C=C\C/C=C\C/C=C\C/C=C\CC. The van der Waals surface area contributed by atoms with Crippen LogP contribution in [0.15, 0.2) is 109 Å². The van der Waals surface area contributed by atoms with Crippen LogP contribution in [0.1, 0.15) is 129 Å². The molecule has 0 bridgehead atoms. The van der Waals surface area contributed by atoms with E-state index in [2.05, 4.69) is 123 Å². The third-order valence-corrected chi connectivity index (χ3v) is 11.3. The van der Waals surface area contributed by atoms with Crippen molar-refractivity contribution in [1.29, 1.82) is 0 Å². The number of rotatable bonds is 38. The average molecular weight is 973 g/mol. The fraction of sp³-hybridized carbons (Fsp3) is 0.655. The second kappa shape index (κ2) is 41.3. The van der Waals surface area contributed by atoms with Gasteiger partial charge in [-0.2, -0.15) is 0 Å². The maximum absolute atomic E-state index is 13.0. The van der Waals surface area contributed by atoms with Crippen molar-refractivity contribution in [3.8, 4) is 0 Å². The minimum atomic E-state index is -1.73. The van der Waals surface area contributed by atoms with Crippen molar-refractivity contribution >= 4 is 5.97 Å². The van der Waals surface area contributed by atoms with Crippen molar-refractivity contribution in [1.82, 2.24) is 0 Å². The molecule has 69 heavy (non-hydrogen) atoms. The molecule has 2 saturated heterocycles. The van der Waals surface area contributed by atoms with Gasteiger partial charge in [-0.25, -0.2) is 0 Å². The number of carbonyl (C=O) groups is 1. The molecule has 0 aromatic carbocycles. The molecule has 0 aromatic heterocycles. The van der Waals surface area contributed by atoms with E-state index in [9.17, 15) is 40.5 Å². The predicted octanol–water partition coefficient (Wildman–Crippen LogP) is 7.62. The summed E-state index contributed by atoms with van der Waals surface area (Å²) >= 11 is 0. The van der Waals surface area contributed by atoms with Crippen molar-refractivity contribution in [2.24, 2.45) is 0 Å². The molecule has 2 heterocycles. The molecule has 2 rings (SSSR count). The van der Waals surface area contributed by atoms with Crippen LogP contribution < -0.4 is 0 Å². The summed E-state index contributed by atoms with van der Waals surface area (Å²) in [5.41, 5.74) is 0. The van der Waals surface area contributed by atoms with Crippen LogP contribution in [0.5, 0.6) is 0 Å². The number of aliphatic hydroxyl groups excluding tert-OH is 7. The lowest BCUT2D eigenvalue weighted by Gasteiger charge is -2.42. The van der Waals surface area contributed by atoms with E-state index in [4.69, 9.17) is 28.4 Å². The van der Waals surface area contributed by atoms with Crippen molar-refractivity contribution < 1.29 is 69.0 Å². The fourth-order valence-electron chi connectivity index (χ4n) is 7.18. The molecule has 0 spiro atoms. The summed E-state index contributed by atoms with van der Waals surface area (Å²) < 4.78 is 34.2. The lowest BCUT2D eigenvalue weighted by molar-refractivity contribution is -0.332. The van der Waals surface area contributed by atoms with Crippen molar-refractivity contribution in [2.45, 2.75) is 197 Å². The lowest BCUT2D eigenvalue weighted by atomic mass is 9.98. The third-order valence-electron chi connectivity index (χ3n) is 11.3. The van der Waals surface area contributed by atoms with Gasteiger partial charge in [0.1, 0.15) is 54.9 Å². The Bertz CT molecular complexity index is 1550. The number of hydrogen-bond acceptors (Lipinski definition) is 14. The highest BCUT2D eigenvalue weighted by molar-refractivity contribution is 5.69. The average Bonchev–Trinajstić information content (AvgIpc) is 3.35. The topological polar surface area (TPSA) is 214 Å². The van der Waals surface area contributed by atoms with E-state index in [1.165, 1.54) is 0 Å². The van der Waals surface area contributed by atoms with Gasteiger partial charge in [0.2, 0.25) is 0 Å². The molecule has 2 aliphatic heterocycles. The van der Waals surface area contributed by atoms with Crippen LogP contribution in [-0.4, -0.2) is 142 Å². The summed E-state index contributed by atoms with van der Waals surface area (Å²) in [5, 5.41) is 72.1. The highest BCUT2D eigenvalue weighted by Gasteiger charge is 2.47. The number of allylic oxidation sites excluding steroid dienone is 18. The number of aliphatic hydroxyl groups is 7. The first-order valence-electron chi connectivity index (χ1n) is 25.5. The van der Waals surface area contributed by atoms with Gasteiger partial charge in [-0.15, -0.1) is 0 Å². The highest BCUT2D eigenvalue weighted by atomic mass is 16.7. The van der Waals surface area contributed by atoms with E-state index >= 15 is 0 Å². The zero-order chi connectivity index (χ0) is 50.2. The van der Waals surface area contributed by atoms with Crippen molar-refractivity contribution in [3.05, 3.63) is 109 Å². The Morgan fingerprint density at radius 3 is 1.39 bits per heavy atom. The normalized spacial score (nSPS) is 26.6. The fourth-order valence-corrected chi connectivity index (χ4v) is 7.18. The standard InChI is InChI=1S/C55H88O14/c1-3-5-7-9-11-13-15-17-19-21-23-25-27-29-31-33-35-37-39-64-41-44(67-47(57)38-36-34-32-30-28-26-24-22-20-18-16-14-12-10-8-6-4-2)42-65-54-53(63)51(61)49(59)46(69-54)43-66-55-52(62)50(60)48(58)45(40-56)68-55/h5-8,11-14,17-20,23-26,29,31,44-46,48-56,58-63H,3-4,9-10,15-16,21-22,27-28,30,32-43H2,1-2H3/b7-5-,8-6-,13-11-,14-12-,19-17-,20-18-,25-23-,26-24-,31-29-. The minimum absolute atomic E-state index is 0.0138. The molecule has 7 N–H and O–H groups in total. The van der Waals surface area contributed by atoms with E-state index in [0.717, 1.165) is 103 Å². The molecule has 14 heteroatoms. The first-order chi connectivity index (χ1) is 33.6.